The maximum absolute atomic E-state index is 13.7. The fourth-order valence-electron chi connectivity index (χ4n) is 5.39. The molecule has 202 valence electrons. The molecule has 1 aromatic carbocycles. The summed E-state index contributed by atoms with van der Waals surface area (Å²) in [5.74, 6) is 0.604. The SMILES string of the molecule is CCOC(=O)c1c(C)oc(C)c1S(=O)(=O)N1CCC2(CCN(C(=O)c3cc(OC)ccc3OC)CC2)C1. The molecule has 1 amide bonds. The first-order chi connectivity index (χ1) is 17.6. The van der Waals surface area contributed by atoms with E-state index in [-0.39, 0.29) is 39.9 Å². The molecule has 1 aromatic heterocycles. The molecule has 2 aromatic rings. The number of benzene rings is 1. The Morgan fingerprint density at radius 1 is 1.03 bits per heavy atom. The lowest BCUT2D eigenvalue weighted by Crippen LogP contribution is -2.44. The number of likely N-dealkylation sites (tertiary alicyclic amines) is 1. The van der Waals surface area contributed by atoms with Gasteiger partial charge < -0.3 is 23.5 Å². The minimum absolute atomic E-state index is 0.0343. The molecule has 0 radical (unpaired) electrons. The van der Waals surface area contributed by atoms with Crippen molar-refractivity contribution in [1.82, 2.24) is 9.21 Å². The molecule has 3 heterocycles. The largest absolute Gasteiger partial charge is 0.497 e. The highest BCUT2D eigenvalue weighted by molar-refractivity contribution is 7.89. The molecule has 2 aliphatic heterocycles. The van der Waals surface area contributed by atoms with Crippen LogP contribution in [0.3, 0.4) is 0 Å². The maximum atomic E-state index is 13.7. The van der Waals surface area contributed by atoms with Gasteiger partial charge in [0.05, 0.1) is 26.4 Å². The second-order valence-corrected chi connectivity index (χ2v) is 11.5. The minimum Gasteiger partial charge on any atom is -0.497 e. The van der Waals surface area contributed by atoms with E-state index in [9.17, 15) is 18.0 Å². The number of ether oxygens (including phenoxy) is 3. The van der Waals surface area contributed by atoms with Crippen LogP contribution in [0, 0.1) is 19.3 Å². The van der Waals surface area contributed by atoms with E-state index in [0.29, 0.717) is 62.5 Å². The van der Waals surface area contributed by atoms with E-state index in [1.165, 1.54) is 11.4 Å². The van der Waals surface area contributed by atoms with Gasteiger partial charge in [-0.15, -0.1) is 0 Å². The van der Waals surface area contributed by atoms with Crippen LogP contribution in [0.5, 0.6) is 11.5 Å². The van der Waals surface area contributed by atoms with Gasteiger partial charge in [-0.25, -0.2) is 13.2 Å². The number of carbonyl (C=O) groups excluding carboxylic acids is 2. The van der Waals surface area contributed by atoms with E-state index in [4.69, 9.17) is 18.6 Å². The van der Waals surface area contributed by atoms with Crippen molar-refractivity contribution < 1.29 is 36.6 Å². The summed E-state index contributed by atoms with van der Waals surface area (Å²) >= 11 is 0. The molecule has 2 fully saturated rings. The van der Waals surface area contributed by atoms with Crippen LogP contribution in [0.25, 0.3) is 0 Å². The van der Waals surface area contributed by atoms with Gasteiger partial charge in [0.1, 0.15) is 33.5 Å². The zero-order valence-corrected chi connectivity index (χ0v) is 22.8. The summed E-state index contributed by atoms with van der Waals surface area (Å²) in [6.07, 6.45) is 2.03. The zero-order valence-electron chi connectivity index (χ0n) is 22.0. The second-order valence-electron chi connectivity index (χ2n) is 9.59. The molecule has 1 spiro atoms. The highest BCUT2D eigenvalue weighted by atomic mass is 32.2. The van der Waals surface area contributed by atoms with Gasteiger partial charge in [-0.2, -0.15) is 4.31 Å². The molecule has 0 unspecified atom stereocenters. The van der Waals surface area contributed by atoms with Crippen molar-refractivity contribution in [2.24, 2.45) is 5.41 Å². The third kappa shape index (κ3) is 4.94. The summed E-state index contributed by atoms with van der Waals surface area (Å²) in [4.78, 5) is 27.5. The van der Waals surface area contributed by atoms with E-state index in [0.717, 1.165) is 0 Å². The van der Waals surface area contributed by atoms with Crippen LogP contribution in [0.1, 0.15) is 58.4 Å². The first-order valence-corrected chi connectivity index (χ1v) is 13.8. The van der Waals surface area contributed by atoms with E-state index in [1.807, 2.05) is 0 Å². The van der Waals surface area contributed by atoms with Crippen LogP contribution in [0.15, 0.2) is 27.5 Å². The fraction of sp³-hybridized carbons (Fsp3) is 0.538. The minimum atomic E-state index is -3.98. The summed E-state index contributed by atoms with van der Waals surface area (Å²) in [5, 5.41) is 0. The predicted octanol–water partition coefficient (Wildman–Crippen LogP) is 3.41. The Balaban J connectivity index is 1.50. The Kier molecular flexibility index (Phi) is 7.57. The van der Waals surface area contributed by atoms with Gasteiger partial charge in [0, 0.05) is 26.2 Å². The number of piperidine rings is 1. The molecular formula is C26H34N2O8S. The van der Waals surface area contributed by atoms with Gasteiger partial charge >= 0.3 is 5.97 Å². The fourth-order valence-corrected chi connectivity index (χ4v) is 7.31. The molecule has 0 atom stereocenters. The Morgan fingerprint density at radius 3 is 2.32 bits per heavy atom. The van der Waals surface area contributed by atoms with Crippen LogP contribution in [0.2, 0.25) is 0 Å². The number of rotatable bonds is 7. The summed E-state index contributed by atoms with van der Waals surface area (Å²) in [6.45, 7) is 6.58. The third-order valence-corrected chi connectivity index (χ3v) is 9.43. The first kappa shape index (κ1) is 27.0. The quantitative estimate of drug-likeness (QED) is 0.497. The monoisotopic (exact) mass is 534 g/mol. The number of esters is 1. The van der Waals surface area contributed by atoms with E-state index >= 15 is 0 Å². The summed E-state index contributed by atoms with van der Waals surface area (Å²) in [6, 6.07) is 5.12. The van der Waals surface area contributed by atoms with Gasteiger partial charge in [0.2, 0.25) is 10.0 Å². The van der Waals surface area contributed by atoms with Crippen LogP contribution in [-0.2, 0) is 14.8 Å². The van der Waals surface area contributed by atoms with Gasteiger partial charge in [-0.3, -0.25) is 4.79 Å². The first-order valence-electron chi connectivity index (χ1n) is 12.4. The topological polar surface area (TPSA) is 116 Å². The number of aryl methyl sites for hydroxylation is 2. The number of amides is 1. The van der Waals surface area contributed by atoms with Gasteiger partial charge in [-0.05, 0) is 63.6 Å². The lowest BCUT2D eigenvalue weighted by molar-refractivity contribution is 0.0519. The van der Waals surface area contributed by atoms with Crippen molar-refractivity contribution in [3.8, 4) is 11.5 Å². The molecular weight excluding hydrogens is 500 g/mol. The highest BCUT2D eigenvalue weighted by Crippen LogP contribution is 2.43. The normalized spacial score (nSPS) is 17.7. The average molecular weight is 535 g/mol. The van der Waals surface area contributed by atoms with Crippen molar-refractivity contribution in [3.05, 3.63) is 40.8 Å². The van der Waals surface area contributed by atoms with Crippen molar-refractivity contribution in [3.63, 3.8) is 0 Å². The molecule has 4 rings (SSSR count). The smallest absolute Gasteiger partial charge is 0.343 e. The lowest BCUT2D eigenvalue weighted by Gasteiger charge is -2.39. The van der Waals surface area contributed by atoms with Gasteiger partial charge in [0.25, 0.3) is 5.91 Å². The number of methoxy groups -OCH3 is 2. The van der Waals surface area contributed by atoms with Crippen molar-refractivity contribution >= 4 is 21.9 Å². The van der Waals surface area contributed by atoms with Gasteiger partial charge in [0.15, 0.2) is 0 Å². The molecule has 37 heavy (non-hydrogen) atoms. The number of hydrogen-bond donors (Lipinski definition) is 0. The number of hydrogen-bond acceptors (Lipinski definition) is 8. The molecule has 0 N–H and O–H groups in total. The van der Waals surface area contributed by atoms with E-state index in [2.05, 4.69) is 0 Å². The molecule has 11 heteroatoms. The number of sulfonamides is 1. The Labute approximate surface area is 217 Å². The Hall–Kier alpha value is -3.05. The summed E-state index contributed by atoms with van der Waals surface area (Å²) < 4.78 is 50.1. The molecule has 2 aliphatic rings. The summed E-state index contributed by atoms with van der Waals surface area (Å²) in [5.41, 5.74) is 0.165. The van der Waals surface area contributed by atoms with Crippen LogP contribution in [-0.4, -0.2) is 76.5 Å². The number of nitrogens with zero attached hydrogens (tertiary/aromatic N) is 2. The van der Waals surface area contributed by atoms with Crippen LogP contribution >= 0.6 is 0 Å². The lowest BCUT2D eigenvalue weighted by atomic mass is 9.78. The Bertz CT molecular complexity index is 1290. The standard InChI is InChI=1S/C26H34N2O8S/c1-6-35-25(30)22-17(2)36-18(3)23(22)37(31,32)28-14-11-26(16-28)9-12-27(13-10-26)24(29)20-15-19(33-4)7-8-21(20)34-5/h7-8,15H,6,9-14,16H2,1-5H3. The number of furan rings is 1. The number of carbonyl (C=O) groups is 2. The van der Waals surface area contributed by atoms with Crippen molar-refractivity contribution in [2.75, 3.05) is 47.0 Å². The molecule has 2 saturated heterocycles. The Morgan fingerprint density at radius 2 is 1.70 bits per heavy atom. The van der Waals surface area contributed by atoms with Crippen LogP contribution < -0.4 is 9.47 Å². The van der Waals surface area contributed by atoms with Gasteiger partial charge in [-0.1, -0.05) is 0 Å². The van der Waals surface area contributed by atoms with Crippen molar-refractivity contribution in [2.45, 2.75) is 44.9 Å². The summed E-state index contributed by atoms with van der Waals surface area (Å²) in [7, 11) is -0.914. The molecule has 0 bridgehead atoms. The average Bonchev–Trinajstić information content (AvgIpc) is 3.44. The molecule has 0 saturated carbocycles. The third-order valence-electron chi connectivity index (χ3n) is 7.43. The maximum Gasteiger partial charge on any atom is 0.343 e. The highest BCUT2D eigenvalue weighted by Gasteiger charge is 2.47. The van der Waals surface area contributed by atoms with E-state index < -0.39 is 16.0 Å². The van der Waals surface area contributed by atoms with Crippen molar-refractivity contribution in [1.29, 1.82) is 0 Å². The zero-order chi connectivity index (χ0) is 27.0. The predicted molar refractivity (Wildman–Crippen MR) is 135 cm³/mol. The van der Waals surface area contributed by atoms with Crippen LogP contribution in [0.4, 0.5) is 0 Å². The van der Waals surface area contributed by atoms with E-state index in [1.54, 1.807) is 51.0 Å². The second kappa shape index (κ2) is 10.4. The molecule has 0 aliphatic carbocycles. The molecule has 10 nitrogen and oxygen atoms in total.